The second-order valence-electron chi connectivity index (χ2n) is 3.65. The lowest BCUT2D eigenvalue weighted by molar-refractivity contribution is 1.24. The fraction of sp³-hybridized carbons (Fsp3) is 0. The summed E-state index contributed by atoms with van der Waals surface area (Å²) in [6.45, 7) is 0. The van der Waals surface area contributed by atoms with E-state index in [1.807, 2.05) is 48.5 Å². The van der Waals surface area contributed by atoms with Crippen LogP contribution in [0.15, 0.2) is 60.9 Å². The van der Waals surface area contributed by atoms with Crippen molar-refractivity contribution in [3.63, 3.8) is 0 Å². The molecule has 3 aromatic heterocycles. The SMILES string of the molecule is c1ccc(-c2ccc(-c3ccccn3)[n-]2)nc1. The van der Waals surface area contributed by atoms with Gasteiger partial charge in [-0.3, -0.25) is 9.97 Å². The van der Waals surface area contributed by atoms with E-state index in [2.05, 4.69) is 15.0 Å². The lowest BCUT2D eigenvalue weighted by atomic mass is 10.3. The molecule has 82 valence electrons. The first-order chi connectivity index (χ1) is 8.43. The predicted molar refractivity (Wildman–Crippen MR) is 66.2 cm³/mol. The fourth-order valence-electron chi connectivity index (χ4n) is 1.68. The summed E-state index contributed by atoms with van der Waals surface area (Å²) in [5.41, 5.74) is 3.53. The Bertz CT molecular complexity index is 546. The highest BCUT2D eigenvalue weighted by molar-refractivity contribution is 5.63. The van der Waals surface area contributed by atoms with E-state index < -0.39 is 0 Å². The van der Waals surface area contributed by atoms with Crippen LogP contribution in [0.2, 0.25) is 0 Å². The van der Waals surface area contributed by atoms with Crippen molar-refractivity contribution in [2.24, 2.45) is 0 Å². The van der Waals surface area contributed by atoms with Crippen LogP contribution in [0, 0.1) is 0 Å². The zero-order chi connectivity index (χ0) is 11.5. The van der Waals surface area contributed by atoms with Crippen molar-refractivity contribution in [2.75, 3.05) is 0 Å². The summed E-state index contributed by atoms with van der Waals surface area (Å²) in [6, 6.07) is 15.5. The van der Waals surface area contributed by atoms with E-state index in [1.165, 1.54) is 0 Å². The molecule has 0 amide bonds. The standard InChI is InChI=1S/C14H10N3/c1-3-9-15-11(5-1)13-7-8-14(17-13)12-6-2-4-10-16-12/h1-10H/q-1. The van der Waals surface area contributed by atoms with E-state index >= 15 is 0 Å². The highest BCUT2D eigenvalue weighted by Gasteiger charge is 1.95. The lowest BCUT2D eigenvalue weighted by Crippen LogP contribution is -1.86. The third-order valence-corrected chi connectivity index (χ3v) is 2.49. The van der Waals surface area contributed by atoms with Crippen molar-refractivity contribution < 1.29 is 0 Å². The predicted octanol–water partition coefficient (Wildman–Crippen LogP) is 2.77. The molecule has 3 heteroatoms. The van der Waals surface area contributed by atoms with Gasteiger partial charge in [0.1, 0.15) is 0 Å². The quantitative estimate of drug-likeness (QED) is 0.666. The molecule has 0 aliphatic rings. The number of hydrogen-bond donors (Lipinski definition) is 0. The van der Waals surface area contributed by atoms with Gasteiger partial charge in [0.15, 0.2) is 0 Å². The van der Waals surface area contributed by atoms with Gasteiger partial charge in [-0.2, -0.15) is 0 Å². The molecule has 3 rings (SSSR count). The summed E-state index contributed by atoms with van der Waals surface area (Å²) in [5.74, 6) is 0. The van der Waals surface area contributed by atoms with Gasteiger partial charge < -0.3 is 4.98 Å². The van der Waals surface area contributed by atoms with E-state index in [0.29, 0.717) is 0 Å². The first-order valence-corrected chi connectivity index (χ1v) is 5.40. The summed E-state index contributed by atoms with van der Waals surface area (Å²) < 4.78 is 0. The second kappa shape index (κ2) is 4.22. The first kappa shape index (κ1) is 9.78. The molecule has 0 aliphatic heterocycles. The van der Waals surface area contributed by atoms with Gasteiger partial charge in [0.25, 0.3) is 0 Å². The number of hydrogen-bond acceptors (Lipinski definition) is 2. The van der Waals surface area contributed by atoms with E-state index in [0.717, 1.165) is 22.8 Å². The topological polar surface area (TPSA) is 39.9 Å². The molecule has 3 aromatic rings. The fourth-order valence-corrected chi connectivity index (χ4v) is 1.68. The Labute approximate surface area is 99.2 Å². The summed E-state index contributed by atoms with van der Waals surface area (Å²) >= 11 is 0. The summed E-state index contributed by atoms with van der Waals surface area (Å²) in [5, 5.41) is 0. The van der Waals surface area contributed by atoms with Crippen LogP contribution in [-0.2, 0) is 0 Å². The maximum atomic E-state index is 4.53. The van der Waals surface area contributed by atoms with Crippen molar-refractivity contribution in [1.82, 2.24) is 15.0 Å². The second-order valence-corrected chi connectivity index (χ2v) is 3.65. The molecule has 0 bridgehead atoms. The Balaban J connectivity index is 1.99. The Morgan fingerprint density at radius 3 is 1.59 bits per heavy atom. The molecule has 17 heavy (non-hydrogen) atoms. The molecule has 0 atom stereocenters. The van der Waals surface area contributed by atoms with E-state index in [9.17, 15) is 0 Å². The van der Waals surface area contributed by atoms with E-state index in [1.54, 1.807) is 12.4 Å². The van der Waals surface area contributed by atoms with Crippen LogP contribution in [0.25, 0.3) is 22.8 Å². The number of aromatic nitrogens is 3. The molecule has 0 aromatic carbocycles. The maximum Gasteiger partial charge on any atom is 0.0483 e. The van der Waals surface area contributed by atoms with Crippen molar-refractivity contribution in [3.05, 3.63) is 60.9 Å². The zero-order valence-electron chi connectivity index (χ0n) is 9.12. The summed E-state index contributed by atoms with van der Waals surface area (Å²) in [4.78, 5) is 13.1. The van der Waals surface area contributed by atoms with Gasteiger partial charge in [-0.05, 0) is 24.3 Å². The highest BCUT2D eigenvalue weighted by Crippen LogP contribution is 2.20. The highest BCUT2D eigenvalue weighted by atomic mass is 14.8. The minimum atomic E-state index is 0.881. The van der Waals surface area contributed by atoms with Gasteiger partial charge in [-0.25, -0.2) is 0 Å². The molecule has 0 aliphatic carbocycles. The van der Waals surface area contributed by atoms with Crippen molar-refractivity contribution >= 4 is 0 Å². The molecule has 0 saturated carbocycles. The smallest absolute Gasteiger partial charge is 0.0483 e. The Morgan fingerprint density at radius 1 is 0.647 bits per heavy atom. The van der Waals surface area contributed by atoms with E-state index in [-0.39, 0.29) is 0 Å². The molecule has 0 fully saturated rings. The molecule has 0 spiro atoms. The third kappa shape index (κ3) is 1.95. The van der Waals surface area contributed by atoms with Crippen molar-refractivity contribution in [3.8, 4) is 22.8 Å². The van der Waals surface area contributed by atoms with Gasteiger partial charge in [0, 0.05) is 23.8 Å². The number of nitrogens with zero attached hydrogens (tertiary/aromatic N) is 3. The van der Waals surface area contributed by atoms with Crippen LogP contribution in [0.4, 0.5) is 0 Å². The summed E-state index contributed by atoms with van der Waals surface area (Å²) in [7, 11) is 0. The van der Waals surface area contributed by atoms with Crippen LogP contribution in [-0.4, -0.2) is 9.97 Å². The van der Waals surface area contributed by atoms with Crippen LogP contribution >= 0.6 is 0 Å². The van der Waals surface area contributed by atoms with Crippen molar-refractivity contribution in [1.29, 1.82) is 0 Å². The minimum absolute atomic E-state index is 0.881. The minimum Gasteiger partial charge on any atom is -0.654 e. The normalized spacial score (nSPS) is 10.4. The lowest BCUT2D eigenvalue weighted by Gasteiger charge is -2.09. The number of pyridine rings is 2. The Hall–Kier alpha value is -2.42. The summed E-state index contributed by atoms with van der Waals surface area (Å²) in [6.07, 6.45) is 3.54. The largest absolute Gasteiger partial charge is 0.654 e. The molecule has 0 N–H and O–H groups in total. The van der Waals surface area contributed by atoms with Crippen LogP contribution < -0.4 is 4.98 Å². The van der Waals surface area contributed by atoms with Gasteiger partial charge in [0.05, 0.1) is 0 Å². The van der Waals surface area contributed by atoms with Crippen LogP contribution in [0.1, 0.15) is 0 Å². The monoisotopic (exact) mass is 220 g/mol. The van der Waals surface area contributed by atoms with Crippen LogP contribution in [0.3, 0.4) is 0 Å². The van der Waals surface area contributed by atoms with Gasteiger partial charge in [0.2, 0.25) is 0 Å². The van der Waals surface area contributed by atoms with Crippen molar-refractivity contribution in [2.45, 2.75) is 0 Å². The molecule has 0 saturated heterocycles. The van der Waals surface area contributed by atoms with Gasteiger partial charge in [-0.15, -0.1) is 11.4 Å². The molecule has 0 radical (unpaired) electrons. The van der Waals surface area contributed by atoms with Crippen LogP contribution in [0.5, 0.6) is 0 Å². The van der Waals surface area contributed by atoms with E-state index in [4.69, 9.17) is 0 Å². The molecular formula is C14H10N3-. The molecule has 0 unspecified atom stereocenters. The zero-order valence-corrected chi connectivity index (χ0v) is 9.12. The van der Waals surface area contributed by atoms with Gasteiger partial charge >= 0.3 is 0 Å². The molecule has 3 nitrogen and oxygen atoms in total. The maximum absolute atomic E-state index is 4.53. The Kier molecular flexibility index (Phi) is 2.43. The Morgan fingerprint density at radius 2 is 1.18 bits per heavy atom. The molecular weight excluding hydrogens is 210 g/mol. The van der Waals surface area contributed by atoms with Gasteiger partial charge in [-0.1, -0.05) is 24.3 Å². The average molecular weight is 220 g/mol. The third-order valence-electron chi connectivity index (χ3n) is 2.49. The number of rotatable bonds is 2. The first-order valence-electron chi connectivity index (χ1n) is 5.40. The molecule has 3 heterocycles. The average Bonchev–Trinajstić information content (AvgIpc) is 2.90.